The van der Waals surface area contributed by atoms with Crippen molar-refractivity contribution in [1.29, 1.82) is 0 Å². The topological polar surface area (TPSA) is 186 Å². The van der Waals surface area contributed by atoms with Crippen molar-refractivity contribution in [2.75, 3.05) is 19.0 Å². The van der Waals surface area contributed by atoms with E-state index in [0.29, 0.717) is 12.8 Å². The van der Waals surface area contributed by atoms with Gasteiger partial charge in [-0.3, -0.25) is 14.1 Å². The van der Waals surface area contributed by atoms with Crippen LogP contribution in [0.3, 0.4) is 0 Å². The van der Waals surface area contributed by atoms with Crippen LogP contribution in [0.5, 0.6) is 0 Å². The Labute approximate surface area is 410 Å². The average Bonchev–Trinajstić information content (AvgIpc) is 3.30. The summed E-state index contributed by atoms with van der Waals surface area (Å²) in [7, 11) is -4.60. The van der Waals surface area contributed by atoms with Gasteiger partial charge in [-0.15, -0.1) is 0 Å². The maximum absolute atomic E-state index is 12.9. The number of hydrogen-bond donors (Lipinski definition) is 4. The highest BCUT2D eigenvalue weighted by Crippen LogP contribution is 2.24. The van der Waals surface area contributed by atoms with Crippen LogP contribution in [0.1, 0.15) is 277 Å². The van der Waals surface area contributed by atoms with Crippen molar-refractivity contribution in [2.24, 2.45) is 0 Å². The van der Waals surface area contributed by atoms with Crippen molar-refractivity contribution in [3.8, 4) is 0 Å². The van der Waals surface area contributed by atoms with Crippen LogP contribution in [0.4, 0.5) is 0 Å². The largest absolute Gasteiger partial charge is 0.462 e. The molecule has 4 N–H and O–H groups in total. The average molecular weight is 977 g/mol. The molecule has 6 unspecified atom stereocenters. The van der Waals surface area contributed by atoms with E-state index in [1.807, 2.05) is 0 Å². The number of rotatable bonds is 49. The van der Waals surface area contributed by atoms with Gasteiger partial charge >= 0.3 is 11.9 Å². The van der Waals surface area contributed by atoms with Gasteiger partial charge in [0, 0.05) is 12.8 Å². The number of unbranched alkanes of at least 4 members (excludes halogenated alkanes) is 37. The van der Waals surface area contributed by atoms with Gasteiger partial charge in [0.1, 0.15) is 36.8 Å². The molecule has 1 aliphatic rings. The van der Waals surface area contributed by atoms with Crippen LogP contribution in [0.25, 0.3) is 0 Å². The summed E-state index contributed by atoms with van der Waals surface area (Å²) in [4.78, 5) is 25.6. The molecule has 0 radical (unpaired) electrons. The first-order valence-corrected chi connectivity index (χ1v) is 29.7. The first-order valence-electron chi connectivity index (χ1n) is 28.1. The number of esters is 2. The molecule has 67 heavy (non-hydrogen) atoms. The van der Waals surface area contributed by atoms with Gasteiger partial charge in [0.2, 0.25) is 0 Å². The van der Waals surface area contributed by atoms with E-state index in [1.165, 1.54) is 199 Å². The lowest BCUT2D eigenvalue weighted by atomic mass is 10.00. The first kappa shape index (κ1) is 63.7. The van der Waals surface area contributed by atoms with Gasteiger partial charge in [0.05, 0.1) is 6.61 Å². The van der Waals surface area contributed by atoms with Crippen molar-refractivity contribution in [3.05, 3.63) is 0 Å². The highest BCUT2D eigenvalue weighted by Gasteiger charge is 2.46. The molecule has 398 valence electrons. The summed E-state index contributed by atoms with van der Waals surface area (Å²) < 4.78 is 54.3. The number of carbonyl (C=O) groups is 2. The van der Waals surface area contributed by atoms with Crippen molar-refractivity contribution < 1.29 is 56.8 Å². The second-order valence-electron chi connectivity index (χ2n) is 20.0. The van der Waals surface area contributed by atoms with E-state index in [2.05, 4.69) is 13.8 Å². The molecule has 1 fully saturated rings. The van der Waals surface area contributed by atoms with Crippen molar-refractivity contribution in [1.82, 2.24) is 0 Å². The van der Waals surface area contributed by atoms with E-state index in [0.717, 1.165) is 38.5 Å². The summed E-state index contributed by atoms with van der Waals surface area (Å²) in [5, 5.41) is 31.0. The van der Waals surface area contributed by atoms with Crippen molar-refractivity contribution in [3.63, 3.8) is 0 Å². The predicted molar refractivity (Wildman–Crippen MR) is 271 cm³/mol. The van der Waals surface area contributed by atoms with Gasteiger partial charge in [0.25, 0.3) is 10.1 Å². The second-order valence-corrected chi connectivity index (χ2v) is 21.5. The van der Waals surface area contributed by atoms with Gasteiger partial charge in [-0.05, 0) is 12.8 Å². The standard InChI is InChI=1S/C54H104O12S/c1-3-5-7-9-11-13-15-17-19-20-21-22-23-24-25-26-27-29-31-33-35-37-39-41-43-50(56)65-47(45-64-54-53(59)52(58)51(57)48(66-54)46-67(60,61)62)44-63-49(55)42-40-38-36-34-32-30-28-18-16-14-12-10-8-6-4-2/h47-48,51-54,57-59H,3-46H2,1-2H3,(H,60,61,62). The zero-order valence-corrected chi connectivity index (χ0v) is 43.9. The lowest BCUT2D eigenvalue weighted by Gasteiger charge is -2.40. The van der Waals surface area contributed by atoms with Crippen LogP contribution in [-0.2, 0) is 38.7 Å². The normalized spacial score (nSPS) is 19.2. The van der Waals surface area contributed by atoms with Crippen LogP contribution in [-0.4, -0.2) is 96.0 Å². The lowest BCUT2D eigenvalue weighted by molar-refractivity contribution is -0.297. The molecular weight excluding hydrogens is 873 g/mol. The zero-order chi connectivity index (χ0) is 49.1. The summed E-state index contributed by atoms with van der Waals surface area (Å²) >= 11 is 0. The SMILES string of the molecule is CCCCCCCCCCCCCCCCCCCCCCCCCCC(=O)OC(COC(=O)CCCCCCCCCCCCCCCCC)COC1OC(CS(=O)(=O)O)C(O)C(O)C1O. The minimum absolute atomic E-state index is 0.173. The maximum atomic E-state index is 12.9. The Balaban J connectivity index is 2.28. The Morgan fingerprint density at radius 2 is 0.761 bits per heavy atom. The Morgan fingerprint density at radius 3 is 1.09 bits per heavy atom. The zero-order valence-electron chi connectivity index (χ0n) is 43.0. The molecule has 0 amide bonds. The van der Waals surface area contributed by atoms with Gasteiger partial charge in [-0.2, -0.15) is 8.42 Å². The quantitative estimate of drug-likeness (QED) is 0.0257. The number of ether oxygens (including phenoxy) is 4. The molecule has 0 aromatic heterocycles. The van der Waals surface area contributed by atoms with Crippen molar-refractivity contribution in [2.45, 2.75) is 314 Å². The second kappa shape index (κ2) is 44.6. The van der Waals surface area contributed by atoms with Crippen molar-refractivity contribution >= 4 is 22.1 Å². The molecular formula is C54H104O12S. The Morgan fingerprint density at radius 1 is 0.448 bits per heavy atom. The van der Waals surface area contributed by atoms with Crippen LogP contribution in [0.2, 0.25) is 0 Å². The van der Waals surface area contributed by atoms with Crippen LogP contribution >= 0.6 is 0 Å². The van der Waals surface area contributed by atoms with E-state index < -0.39 is 71.2 Å². The molecule has 0 aromatic rings. The molecule has 1 heterocycles. The Hall–Kier alpha value is -1.35. The molecule has 0 saturated carbocycles. The Bertz CT molecular complexity index is 1230. The van der Waals surface area contributed by atoms with E-state index in [-0.39, 0.29) is 19.4 Å². The minimum Gasteiger partial charge on any atom is -0.462 e. The highest BCUT2D eigenvalue weighted by molar-refractivity contribution is 7.85. The molecule has 13 heteroatoms. The molecule has 1 saturated heterocycles. The molecule has 1 aliphatic heterocycles. The lowest BCUT2D eigenvalue weighted by Crippen LogP contribution is -2.60. The van der Waals surface area contributed by atoms with Crippen LogP contribution < -0.4 is 0 Å². The molecule has 6 atom stereocenters. The van der Waals surface area contributed by atoms with Gasteiger partial charge < -0.3 is 34.3 Å². The monoisotopic (exact) mass is 977 g/mol. The molecule has 0 aromatic carbocycles. The number of hydrogen-bond acceptors (Lipinski definition) is 11. The molecule has 0 aliphatic carbocycles. The third kappa shape index (κ3) is 39.0. The van der Waals surface area contributed by atoms with E-state index in [4.69, 9.17) is 18.9 Å². The van der Waals surface area contributed by atoms with Gasteiger partial charge in [0.15, 0.2) is 12.4 Å². The van der Waals surface area contributed by atoms with Gasteiger partial charge in [-0.1, -0.05) is 251 Å². The van der Waals surface area contributed by atoms with Gasteiger partial charge in [-0.25, -0.2) is 0 Å². The van der Waals surface area contributed by atoms with Crippen LogP contribution in [0, 0.1) is 0 Å². The third-order valence-corrected chi connectivity index (χ3v) is 14.2. The number of aliphatic hydroxyl groups is 3. The Kier molecular flexibility index (Phi) is 42.4. The maximum Gasteiger partial charge on any atom is 0.306 e. The smallest absolute Gasteiger partial charge is 0.306 e. The summed E-state index contributed by atoms with van der Waals surface area (Å²) in [5.41, 5.74) is 0. The van der Waals surface area contributed by atoms with Crippen LogP contribution in [0.15, 0.2) is 0 Å². The van der Waals surface area contributed by atoms with E-state index >= 15 is 0 Å². The highest BCUT2D eigenvalue weighted by atomic mass is 32.2. The summed E-state index contributed by atoms with van der Waals surface area (Å²) in [5.74, 6) is -1.95. The molecule has 1 rings (SSSR count). The molecule has 0 spiro atoms. The summed E-state index contributed by atoms with van der Waals surface area (Å²) in [6.07, 6.45) is 40.1. The summed E-state index contributed by atoms with van der Waals surface area (Å²) in [6, 6.07) is 0. The minimum atomic E-state index is -4.60. The number of aliphatic hydroxyl groups excluding tert-OH is 3. The summed E-state index contributed by atoms with van der Waals surface area (Å²) in [6.45, 7) is 3.82. The predicted octanol–water partition coefficient (Wildman–Crippen LogP) is 13.2. The first-order chi connectivity index (χ1) is 32.5. The fraction of sp³-hybridized carbons (Fsp3) is 0.963. The fourth-order valence-corrected chi connectivity index (χ4v) is 9.78. The number of carbonyl (C=O) groups excluding carboxylic acids is 2. The molecule has 0 bridgehead atoms. The third-order valence-electron chi connectivity index (χ3n) is 13.4. The fourth-order valence-electron chi connectivity index (χ4n) is 9.09. The molecule has 12 nitrogen and oxygen atoms in total. The van der Waals surface area contributed by atoms with E-state index in [1.54, 1.807) is 0 Å². The van der Waals surface area contributed by atoms with E-state index in [9.17, 15) is 37.9 Å².